The lowest BCUT2D eigenvalue weighted by Gasteiger charge is -2.14. The van der Waals surface area contributed by atoms with Gasteiger partial charge >= 0.3 is 5.97 Å². The highest BCUT2D eigenvalue weighted by Crippen LogP contribution is 2.23. The monoisotopic (exact) mass is 264 g/mol. The first-order valence-corrected chi connectivity index (χ1v) is 6.03. The molecule has 1 N–H and O–H groups in total. The zero-order chi connectivity index (χ0) is 14.0. The third-order valence-electron chi connectivity index (χ3n) is 2.95. The molecule has 2 rings (SSSR count). The molecular weight excluding hydrogens is 248 g/mol. The number of tetrazole rings is 1. The number of rotatable bonds is 5. The first-order valence-electron chi connectivity index (χ1n) is 6.03. The largest absolute Gasteiger partial charge is 0.481 e. The van der Waals surface area contributed by atoms with Crippen molar-refractivity contribution >= 4 is 5.97 Å². The fourth-order valence-electron chi connectivity index (χ4n) is 2.03. The summed E-state index contributed by atoms with van der Waals surface area (Å²) < 4.78 is 3.25. The van der Waals surface area contributed by atoms with E-state index >= 15 is 0 Å². The average molecular weight is 264 g/mol. The second kappa shape index (κ2) is 5.17. The molecule has 0 aromatic carbocycles. The molecule has 0 radical (unpaired) electrons. The summed E-state index contributed by atoms with van der Waals surface area (Å²) in [5.41, 5.74) is 1.63. The molecule has 0 fully saturated rings. The average Bonchev–Trinajstić information content (AvgIpc) is 2.92. The van der Waals surface area contributed by atoms with E-state index < -0.39 is 5.97 Å². The van der Waals surface area contributed by atoms with Crippen LogP contribution in [0.15, 0.2) is 6.07 Å². The molecule has 1 unspecified atom stereocenters. The first kappa shape index (κ1) is 13.2. The van der Waals surface area contributed by atoms with Crippen LogP contribution in [0.2, 0.25) is 0 Å². The maximum Gasteiger partial charge on any atom is 0.305 e. The van der Waals surface area contributed by atoms with Gasteiger partial charge in [-0.25, -0.2) is 4.68 Å². The predicted octanol–water partition coefficient (Wildman–Crippen LogP) is 0.808. The summed E-state index contributed by atoms with van der Waals surface area (Å²) in [4.78, 5) is 10.9. The Morgan fingerprint density at radius 3 is 2.79 bits per heavy atom. The number of carboxylic acids is 1. The molecule has 0 saturated carbocycles. The molecule has 0 aliphatic rings. The molecule has 2 heterocycles. The molecule has 1 atom stereocenters. The van der Waals surface area contributed by atoms with E-state index in [0.29, 0.717) is 12.2 Å². The molecular formula is C11H16N6O2. The molecule has 0 spiro atoms. The lowest BCUT2D eigenvalue weighted by molar-refractivity contribution is -0.138. The summed E-state index contributed by atoms with van der Waals surface area (Å²) in [6.45, 7) is 3.79. The molecule has 0 bridgehead atoms. The predicted molar refractivity (Wildman–Crippen MR) is 66.3 cm³/mol. The van der Waals surface area contributed by atoms with Crippen molar-refractivity contribution in [1.29, 1.82) is 0 Å². The fraction of sp³-hybridized carbons (Fsp3) is 0.545. The van der Waals surface area contributed by atoms with Crippen molar-refractivity contribution in [3.63, 3.8) is 0 Å². The number of nitrogens with zero attached hydrogens (tertiary/aromatic N) is 6. The summed E-state index contributed by atoms with van der Waals surface area (Å²) in [7, 11) is 1.81. The van der Waals surface area contributed by atoms with Gasteiger partial charge in [0.05, 0.1) is 18.2 Å². The summed E-state index contributed by atoms with van der Waals surface area (Å²) in [6, 6.07) is 1.60. The van der Waals surface area contributed by atoms with Gasteiger partial charge in [-0.1, -0.05) is 6.92 Å². The third kappa shape index (κ3) is 2.61. The molecule has 0 saturated heterocycles. The van der Waals surface area contributed by atoms with Crippen LogP contribution in [0, 0.1) is 6.92 Å². The van der Waals surface area contributed by atoms with Gasteiger partial charge in [0.2, 0.25) is 5.82 Å². The molecule has 0 aliphatic carbocycles. The normalized spacial score (nSPS) is 12.6. The van der Waals surface area contributed by atoms with E-state index in [1.165, 1.54) is 0 Å². The van der Waals surface area contributed by atoms with Gasteiger partial charge in [0, 0.05) is 7.05 Å². The van der Waals surface area contributed by atoms with Gasteiger partial charge in [-0.2, -0.15) is 5.10 Å². The van der Waals surface area contributed by atoms with E-state index in [4.69, 9.17) is 5.11 Å². The zero-order valence-corrected chi connectivity index (χ0v) is 11.1. The van der Waals surface area contributed by atoms with Gasteiger partial charge in [0.15, 0.2) is 0 Å². The SMILES string of the molecule is CCC(CC(=O)O)n1nnnc1-c1cc(C)nn1C. The highest BCUT2D eigenvalue weighted by Gasteiger charge is 2.21. The number of carboxylic acid groups (broad SMARTS) is 1. The molecule has 2 aromatic heterocycles. The summed E-state index contributed by atoms with van der Waals surface area (Å²) in [5.74, 6) is -0.328. The van der Waals surface area contributed by atoms with Crippen molar-refractivity contribution in [3.05, 3.63) is 11.8 Å². The van der Waals surface area contributed by atoms with Crippen molar-refractivity contribution in [3.8, 4) is 11.5 Å². The Bertz CT molecular complexity index is 588. The standard InChI is InChI=1S/C11H16N6O2/c1-4-8(6-10(18)19)17-11(12-14-15-17)9-5-7(2)13-16(9)3/h5,8H,4,6H2,1-3H3,(H,18,19). The Hall–Kier alpha value is -2.25. The van der Waals surface area contributed by atoms with Crippen molar-refractivity contribution in [1.82, 2.24) is 30.0 Å². The van der Waals surface area contributed by atoms with Gasteiger partial charge in [-0.15, -0.1) is 5.10 Å². The van der Waals surface area contributed by atoms with Gasteiger partial charge in [0.1, 0.15) is 5.69 Å². The van der Waals surface area contributed by atoms with E-state index in [9.17, 15) is 4.79 Å². The molecule has 0 aliphatic heterocycles. The van der Waals surface area contributed by atoms with Crippen LogP contribution >= 0.6 is 0 Å². The Balaban J connectivity index is 2.41. The molecule has 8 heteroatoms. The Morgan fingerprint density at radius 2 is 2.26 bits per heavy atom. The number of aromatic nitrogens is 6. The molecule has 0 amide bonds. The third-order valence-corrected chi connectivity index (χ3v) is 2.95. The lowest BCUT2D eigenvalue weighted by atomic mass is 10.1. The minimum absolute atomic E-state index is 0.00856. The molecule has 19 heavy (non-hydrogen) atoms. The number of hydrogen-bond donors (Lipinski definition) is 1. The first-order chi connectivity index (χ1) is 9.02. The Morgan fingerprint density at radius 1 is 1.53 bits per heavy atom. The van der Waals surface area contributed by atoms with Crippen LogP contribution in [0.5, 0.6) is 0 Å². The van der Waals surface area contributed by atoms with Crippen LogP contribution < -0.4 is 0 Å². The quantitative estimate of drug-likeness (QED) is 0.857. The van der Waals surface area contributed by atoms with Crippen LogP contribution in [-0.4, -0.2) is 41.1 Å². The topological polar surface area (TPSA) is 98.7 Å². The van der Waals surface area contributed by atoms with Crippen LogP contribution in [0.4, 0.5) is 0 Å². The number of aliphatic carboxylic acids is 1. The second-order valence-corrected chi connectivity index (χ2v) is 4.40. The van der Waals surface area contributed by atoms with Gasteiger partial charge in [-0.3, -0.25) is 9.48 Å². The van der Waals surface area contributed by atoms with Crippen molar-refractivity contribution in [2.45, 2.75) is 32.7 Å². The second-order valence-electron chi connectivity index (χ2n) is 4.40. The Kier molecular flexibility index (Phi) is 3.59. The van der Waals surface area contributed by atoms with Gasteiger partial charge < -0.3 is 5.11 Å². The molecule has 2 aromatic rings. The summed E-state index contributed by atoms with van der Waals surface area (Å²) in [6.07, 6.45) is 0.631. The summed E-state index contributed by atoms with van der Waals surface area (Å²) in [5, 5.41) is 24.7. The van der Waals surface area contributed by atoms with E-state index in [0.717, 1.165) is 11.4 Å². The lowest BCUT2D eigenvalue weighted by Crippen LogP contribution is -2.16. The van der Waals surface area contributed by atoms with Crippen LogP contribution in [0.25, 0.3) is 11.5 Å². The van der Waals surface area contributed by atoms with Gasteiger partial charge in [-0.05, 0) is 29.8 Å². The minimum atomic E-state index is -0.866. The highest BCUT2D eigenvalue weighted by atomic mass is 16.4. The van der Waals surface area contributed by atoms with Crippen molar-refractivity contribution < 1.29 is 9.90 Å². The van der Waals surface area contributed by atoms with E-state index in [1.807, 2.05) is 19.9 Å². The van der Waals surface area contributed by atoms with E-state index in [2.05, 4.69) is 20.6 Å². The minimum Gasteiger partial charge on any atom is -0.481 e. The maximum atomic E-state index is 10.9. The van der Waals surface area contributed by atoms with Crippen LogP contribution in [0.1, 0.15) is 31.5 Å². The highest BCUT2D eigenvalue weighted by molar-refractivity contribution is 5.67. The van der Waals surface area contributed by atoms with E-state index in [-0.39, 0.29) is 12.5 Å². The zero-order valence-electron chi connectivity index (χ0n) is 11.1. The van der Waals surface area contributed by atoms with Crippen LogP contribution in [0.3, 0.4) is 0 Å². The smallest absolute Gasteiger partial charge is 0.305 e. The maximum absolute atomic E-state index is 10.9. The summed E-state index contributed by atoms with van der Waals surface area (Å²) >= 11 is 0. The van der Waals surface area contributed by atoms with Crippen LogP contribution in [-0.2, 0) is 11.8 Å². The number of aryl methyl sites for hydroxylation is 2. The molecule has 102 valence electrons. The fourth-order valence-corrected chi connectivity index (χ4v) is 2.03. The van der Waals surface area contributed by atoms with E-state index in [1.54, 1.807) is 16.4 Å². The number of hydrogen-bond acceptors (Lipinski definition) is 5. The number of carbonyl (C=O) groups is 1. The molecule has 8 nitrogen and oxygen atoms in total. The van der Waals surface area contributed by atoms with Gasteiger partial charge in [0.25, 0.3) is 0 Å². The van der Waals surface area contributed by atoms with Crippen molar-refractivity contribution in [2.24, 2.45) is 7.05 Å². The Labute approximate surface area is 110 Å². The van der Waals surface area contributed by atoms with Crippen molar-refractivity contribution in [2.75, 3.05) is 0 Å².